The zero-order valence-corrected chi connectivity index (χ0v) is 9.04. The Kier molecular flexibility index (Phi) is 2.82. The SMILES string of the molecule is CS(=O)(=O)c1cc([N+](=O)[O-])c(Cl)nc1N. The molecule has 2 N–H and O–H groups in total. The van der Waals surface area contributed by atoms with Crippen molar-refractivity contribution >= 4 is 32.9 Å². The van der Waals surface area contributed by atoms with Gasteiger partial charge in [0.2, 0.25) is 5.15 Å². The van der Waals surface area contributed by atoms with E-state index in [9.17, 15) is 18.5 Å². The van der Waals surface area contributed by atoms with Crippen molar-refractivity contribution in [2.45, 2.75) is 4.90 Å². The second-order valence-electron chi connectivity index (χ2n) is 2.71. The molecule has 82 valence electrons. The number of halogens is 1. The average molecular weight is 252 g/mol. The van der Waals surface area contributed by atoms with Crippen molar-refractivity contribution in [1.29, 1.82) is 0 Å². The Morgan fingerprint density at radius 3 is 2.53 bits per heavy atom. The number of nitrogens with two attached hydrogens (primary N) is 1. The maximum Gasteiger partial charge on any atom is 0.307 e. The van der Waals surface area contributed by atoms with E-state index in [-0.39, 0.29) is 5.82 Å². The van der Waals surface area contributed by atoms with Crippen LogP contribution in [0.3, 0.4) is 0 Å². The molecule has 0 saturated carbocycles. The van der Waals surface area contributed by atoms with Crippen LogP contribution in [-0.4, -0.2) is 24.6 Å². The van der Waals surface area contributed by atoms with Gasteiger partial charge in [0.05, 0.1) is 4.92 Å². The van der Waals surface area contributed by atoms with E-state index in [1.54, 1.807) is 0 Å². The summed E-state index contributed by atoms with van der Waals surface area (Å²) < 4.78 is 22.3. The molecule has 0 unspecified atom stereocenters. The van der Waals surface area contributed by atoms with Crippen LogP contribution < -0.4 is 5.73 Å². The van der Waals surface area contributed by atoms with Crippen LogP contribution in [0.2, 0.25) is 5.15 Å². The quantitative estimate of drug-likeness (QED) is 0.468. The number of aromatic nitrogens is 1. The van der Waals surface area contributed by atoms with Crippen LogP contribution in [-0.2, 0) is 9.84 Å². The molecule has 0 aromatic carbocycles. The fourth-order valence-electron chi connectivity index (χ4n) is 0.901. The van der Waals surface area contributed by atoms with E-state index in [1.165, 1.54) is 0 Å². The van der Waals surface area contributed by atoms with Crippen molar-refractivity contribution in [1.82, 2.24) is 4.98 Å². The van der Waals surface area contributed by atoms with Gasteiger partial charge < -0.3 is 5.73 Å². The minimum absolute atomic E-state index is 0.354. The summed E-state index contributed by atoms with van der Waals surface area (Å²) in [5, 5.41) is 10.0. The van der Waals surface area contributed by atoms with E-state index in [4.69, 9.17) is 17.3 Å². The van der Waals surface area contributed by atoms with Gasteiger partial charge in [0.15, 0.2) is 9.84 Å². The molecular weight excluding hydrogens is 246 g/mol. The van der Waals surface area contributed by atoms with Gasteiger partial charge in [-0.1, -0.05) is 11.6 Å². The van der Waals surface area contributed by atoms with Crippen molar-refractivity contribution < 1.29 is 13.3 Å². The van der Waals surface area contributed by atoms with Gasteiger partial charge >= 0.3 is 5.69 Å². The Labute approximate surface area is 89.9 Å². The molecule has 1 heterocycles. The molecule has 1 aromatic rings. The third-order valence-corrected chi connectivity index (χ3v) is 2.95. The highest BCUT2D eigenvalue weighted by molar-refractivity contribution is 7.90. The number of anilines is 1. The summed E-state index contributed by atoms with van der Waals surface area (Å²) in [5.74, 6) is -0.354. The van der Waals surface area contributed by atoms with Gasteiger partial charge in [-0.3, -0.25) is 10.1 Å². The molecule has 7 nitrogen and oxygen atoms in total. The van der Waals surface area contributed by atoms with Gasteiger partial charge in [0.25, 0.3) is 0 Å². The first kappa shape index (κ1) is 11.7. The van der Waals surface area contributed by atoms with E-state index in [2.05, 4.69) is 4.98 Å². The van der Waals surface area contributed by atoms with E-state index in [1.807, 2.05) is 0 Å². The molecule has 0 atom stereocenters. The molecule has 0 radical (unpaired) electrons. The second-order valence-corrected chi connectivity index (χ2v) is 5.05. The predicted octanol–water partition coefficient (Wildman–Crippen LogP) is 0.629. The van der Waals surface area contributed by atoms with Crippen LogP contribution in [0, 0.1) is 10.1 Å². The molecule has 0 fully saturated rings. The molecule has 1 rings (SSSR count). The lowest BCUT2D eigenvalue weighted by Gasteiger charge is -2.02. The van der Waals surface area contributed by atoms with Crippen LogP contribution >= 0.6 is 11.6 Å². The van der Waals surface area contributed by atoms with Crippen molar-refractivity contribution in [3.63, 3.8) is 0 Å². The fraction of sp³-hybridized carbons (Fsp3) is 0.167. The molecular formula is C6H6ClN3O4S. The molecule has 0 aliphatic heterocycles. The maximum atomic E-state index is 11.2. The van der Waals surface area contributed by atoms with Crippen molar-refractivity contribution in [3.8, 4) is 0 Å². The Bertz CT molecular complexity index is 527. The normalized spacial score (nSPS) is 11.3. The van der Waals surface area contributed by atoms with E-state index in [0.29, 0.717) is 0 Å². The lowest BCUT2D eigenvalue weighted by atomic mass is 10.4. The number of hydrogen-bond donors (Lipinski definition) is 1. The van der Waals surface area contributed by atoms with Gasteiger partial charge in [-0.15, -0.1) is 0 Å². The first-order valence-electron chi connectivity index (χ1n) is 3.54. The number of rotatable bonds is 2. The van der Waals surface area contributed by atoms with Gasteiger partial charge in [0, 0.05) is 12.3 Å². The Morgan fingerprint density at radius 2 is 2.13 bits per heavy atom. The van der Waals surface area contributed by atoms with Crippen molar-refractivity contribution in [2.75, 3.05) is 12.0 Å². The summed E-state index contributed by atoms with van der Waals surface area (Å²) in [7, 11) is -3.66. The Balaban J connectivity index is 3.58. The highest BCUT2D eigenvalue weighted by atomic mass is 35.5. The van der Waals surface area contributed by atoms with Crippen LogP contribution in [0.15, 0.2) is 11.0 Å². The van der Waals surface area contributed by atoms with Gasteiger partial charge in [-0.2, -0.15) is 0 Å². The monoisotopic (exact) mass is 251 g/mol. The van der Waals surface area contributed by atoms with Gasteiger partial charge in [-0.25, -0.2) is 13.4 Å². The number of nitro groups is 1. The molecule has 0 bridgehead atoms. The summed E-state index contributed by atoms with van der Waals surface area (Å²) in [6.07, 6.45) is 0.873. The average Bonchev–Trinajstić information content (AvgIpc) is 2.00. The van der Waals surface area contributed by atoms with E-state index >= 15 is 0 Å². The minimum atomic E-state index is -3.66. The first-order chi connectivity index (χ1) is 6.73. The summed E-state index contributed by atoms with van der Waals surface area (Å²) in [6, 6.07) is 0.792. The lowest BCUT2D eigenvalue weighted by Crippen LogP contribution is -2.06. The molecule has 0 spiro atoms. The third kappa shape index (κ3) is 2.34. The summed E-state index contributed by atoms with van der Waals surface area (Å²) in [4.78, 5) is 12.6. The highest BCUT2D eigenvalue weighted by Gasteiger charge is 2.22. The number of sulfone groups is 1. The Morgan fingerprint density at radius 1 is 1.60 bits per heavy atom. The van der Waals surface area contributed by atoms with Crippen LogP contribution in [0.5, 0.6) is 0 Å². The summed E-state index contributed by atoms with van der Waals surface area (Å²) in [5.41, 5.74) is 4.69. The zero-order valence-electron chi connectivity index (χ0n) is 7.47. The van der Waals surface area contributed by atoms with Crippen molar-refractivity contribution in [3.05, 3.63) is 21.3 Å². The van der Waals surface area contributed by atoms with E-state index in [0.717, 1.165) is 12.3 Å². The van der Waals surface area contributed by atoms with Crippen molar-refractivity contribution in [2.24, 2.45) is 0 Å². The minimum Gasteiger partial charge on any atom is -0.383 e. The van der Waals surface area contributed by atoms with Gasteiger partial charge in [-0.05, 0) is 0 Å². The fourth-order valence-corrected chi connectivity index (χ4v) is 1.87. The number of nitrogens with zero attached hydrogens (tertiary/aromatic N) is 2. The summed E-state index contributed by atoms with van der Waals surface area (Å²) >= 11 is 5.42. The van der Waals surface area contributed by atoms with E-state index < -0.39 is 30.5 Å². The molecule has 0 amide bonds. The topological polar surface area (TPSA) is 116 Å². The molecule has 9 heteroatoms. The predicted molar refractivity (Wildman–Crippen MR) is 53.4 cm³/mol. The molecule has 15 heavy (non-hydrogen) atoms. The van der Waals surface area contributed by atoms with Crippen LogP contribution in [0.1, 0.15) is 0 Å². The standard InChI is InChI=1S/C6H6ClN3O4S/c1-15(13,14)4-2-3(10(11)12)5(7)9-6(4)8/h2H,1H3,(H2,8,9). The first-order valence-corrected chi connectivity index (χ1v) is 5.81. The molecule has 0 aliphatic carbocycles. The van der Waals surface area contributed by atoms with Crippen LogP contribution in [0.4, 0.5) is 11.5 Å². The largest absolute Gasteiger partial charge is 0.383 e. The Hall–Kier alpha value is -1.41. The maximum absolute atomic E-state index is 11.2. The molecule has 1 aromatic heterocycles. The zero-order chi connectivity index (χ0) is 11.8. The van der Waals surface area contributed by atoms with Gasteiger partial charge in [0.1, 0.15) is 10.7 Å². The number of nitrogen functional groups attached to an aromatic ring is 1. The lowest BCUT2D eigenvalue weighted by molar-refractivity contribution is -0.385. The molecule has 0 saturated heterocycles. The highest BCUT2D eigenvalue weighted by Crippen LogP contribution is 2.28. The third-order valence-electron chi connectivity index (χ3n) is 1.55. The van der Waals surface area contributed by atoms with Crippen LogP contribution in [0.25, 0.3) is 0 Å². The second kappa shape index (κ2) is 3.63. The smallest absolute Gasteiger partial charge is 0.307 e. The molecule has 0 aliphatic rings. The number of pyridine rings is 1. The number of hydrogen-bond acceptors (Lipinski definition) is 6. The summed E-state index contributed by atoms with van der Waals surface area (Å²) in [6.45, 7) is 0.